The van der Waals surface area contributed by atoms with E-state index in [1.165, 1.54) is 82.8 Å². The molecule has 1 aliphatic heterocycles. The Hall–Kier alpha value is -6.69. The van der Waals surface area contributed by atoms with Crippen LogP contribution in [0.2, 0.25) is 0 Å². The van der Waals surface area contributed by atoms with Gasteiger partial charge in [0.1, 0.15) is 0 Å². The van der Waals surface area contributed by atoms with E-state index in [9.17, 15) is 0 Å². The predicted octanol–water partition coefficient (Wildman–Crippen LogP) is 14.9. The fourth-order valence-electron chi connectivity index (χ4n) is 9.59. The third-order valence-corrected chi connectivity index (χ3v) is 12.4. The fourth-order valence-corrected chi connectivity index (χ4v) is 9.59. The molecule has 0 N–H and O–H groups in total. The van der Waals surface area contributed by atoms with E-state index in [0.29, 0.717) is 6.54 Å². The molecule has 2 nitrogen and oxygen atoms in total. The van der Waals surface area contributed by atoms with E-state index in [-0.39, 0.29) is 11.3 Å². The average Bonchev–Trinajstić information content (AvgIpc) is 3.51. The summed E-state index contributed by atoms with van der Waals surface area (Å²) in [6, 6.07) is 47.0. The Bertz CT molecular complexity index is 2920. The SMILES string of the molecule is C#C/C1=C(\C=C(C)C)C(CC)/C=C(C)\C=C/CN1c1ccc(-c2c3ccccc3c(-c3ccc(-c4ccccn4)cc3)c3cc4c(cc23)-c2ccccc2C4(C)C)cc1. The smallest absolute Gasteiger partial charge is 0.0962 e. The van der Waals surface area contributed by atoms with Crippen molar-refractivity contribution in [2.24, 2.45) is 5.92 Å². The lowest BCUT2D eigenvalue weighted by atomic mass is 9.79. The van der Waals surface area contributed by atoms with Crippen LogP contribution in [0.15, 0.2) is 180 Å². The maximum Gasteiger partial charge on any atom is 0.0962 e. The number of allylic oxidation sites excluding steroid dienone is 7. The van der Waals surface area contributed by atoms with Gasteiger partial charge in [-0.1, -0.05) is 153 Å². The van der Waals surface area contributed by atoms with Crippen LogP contribution in [0.5, 0.6) is 0 Å². The summed E-state index contributed by atoms with van der Waals surface area (Å²) in [6.45, 7) is 14.2. The van der Waals surface area contributed by atoms with Gasteiger partial charge in [0.05, 0.1) is 11.4 Å². The Morgan fingerprint density at radius 1 is 0.746 bits per heavy atom. The number of benzene rings is 6. The summed E-state index contributed by atoms with van der Waals surface area (Å²) >= 11 is 0. The topological polar surface area (TPSA) is 16.1 Å². The van der Waals surface area contributed by atoms with Crippen LogP contribution in [0.1, 0.15) is 59.1 Å². The highest BCUT2D eigenvalue weighted by Gasteiger charge is 2.36. The van der Waals surface area contributed by atoms with Crippen molar-refractivity contribution >= 4 is 27.2 Å². The summed E-state index contributed by atoms with van der Waals surface area (Å²) in [6.07, 6.45) is 18.4. The second kappa shape index (κ2) is 15.2. The molecule has 0 saturated heterocycles. The second-order valence-electron chi connectivity index (χ2n) is 16.9. The van der Waals surface area contributed by atoms with Crippen molar-refractivity contribution in [1.29, 1.82) is 0 Å². The van der Waals surface area contributed by atoms with E-state index in [4.69, 9.17) is 6.42 Å². The molecule has 0 bridgehead atoms. The summed E-state index contributed by atoms with van der Waals surface area (Å²) in [5.74, 6) is 3.37. The van der Waals surface area contributed by atoms with Crippen LogP contribution in [-0.2, 0) is 5.41 Å². The molecule has 0 spiro atoms. The van der Waals surface area contributed by atoms with Gasteiger partial charge in [-0.15, -0.1) is 6.42 Å². The number of fused-ring (bicyclic) bond motifs is 5. The van der Waals surface area contributed by atoms with E-state index in [1.807, 2.05) is 18.3 Å². The molecule has 1 aliphatic carbocycles. The van der Waals surface area contributed by atoms with E-state index in [2.05, 4.69) is 197 Å². The summed E-state index contributed by atoms with van der Waals surface area (Å²) in [5.41, 5.74) is 17.9. The number of rotatable bonds is 6. The van der Waals surface area contributed by atoms with Crippen LogP contribution >= 0.6 is 0 Å². The monoisotopic (exact) mass is 762 g/mol. The minimum absolute atomic E-state index is 0.134. The third kappa shape index (κ3) is 6.62. The minimum Gasteiger partial charge on any atom is -0.331 e. The van der Waals surface area contributed by atoms with Gasteiger partial charge in [0, 0.05) is 35.3 Å². The Morgan fingerprint density at radius 2 is 1.37 bits per heavy atom. The second-order valence-corrected chi connectivity index (χ2v) is 16.9. The van der Waals surface area contributed by atoms with E-state index >= 15 is 0 Å². The zero-order valence-corrected chi connectivity index (χ0v) is 35.0. The maximum atomic E-state index is 6.44. The van der Waals surface area contributed by atoms with Crippen molar-refractivity contribution in [3.05, 3.63) is 191 Å². The number of hydrogen-bond acceptors (Lipinski definition) is 2. The molecule has 2 heteroatoms. The van der Waals surface area contributed by atoms with Crippen LogP contribution in [0, 0.1) is 18.3 Å². The van der Waals surface area contributed by atoms with Gasteiger partial charge in [0.25, 0.3) is 0 Å². The number of nitrogens with zero attached hydrogens (tertiary/aromatic N) is 2. The van der Waals surface area contributed by atoms with Crippen LogP contribution in [0.25, 0.3) is 66.2 Å². The average molecular weight is 763 g/mol. The van der Waals surface area contributed by atoms with E-state index in [0.717, 1.165) is 29.1 Å². The van der Waals surface area contributed by atoms with Gasteiger partial charge in [-0.3, -0.25) is 4.98 Å². The quantitative estimate of drug-likeness (QED) is 0.124. The minimum atomic E-state index is -0.134. The molecule has 1 unspecified atom stereocenters. The lowest BCUT2D eigenvalue weighted by molar-refractivity contribution is 0.661. The maximum absolute atomic E-state index is 6.44. The summed E-state index contributed by atoms with van der Waals surface area (Å²) in [5, 5.41) is 4.98. The van der Waals surface area contributed by atoms with Gasteiger partial charge in [-0.2, -0.15) is 0 Å². The molecule has 1 atom stereocenters. The number of pyridine rings is 1. The molecule has 288 valence electrons. The lowest BCUT2D eigenvalue weighted by Gasteiger charge is -2.27. The Kier molecular flexibility index (Phi) is 9.78. The standard InChI is InChI=1S/C57H50N2/c1-8-39-34-38(5)17-16-32-59(54(9-2)47(39)33-37(3)4)43-29-27-42(28-30-43)55-45-19-10-11-20-46(45)56(41-25-23-40(24-26-41)53-22-14-15-31-58-53)50-36-52-48(35-49(50)55)44-18-12-13-21-51(44)57(52,6)7/h2,10-31,33-36,39H,8,32H2,1,3-7H3/b17-16-,38-34-,54-47-. The molecule has 1 aromatic heterocycles. The van der Waals surface area contributed by atoms with Gasteiger partial charge in [0.2, 0.25) is 0 Å². The van der Waals surface area contributed by atoms with Gasteiger partial charge in [0.15, 0.2) is 0 Å². The van der Waals surface area contributed by atoms with Crippen molar-refractivity contribution in [2.75, 3.05) is 11.4 Å². The first-order valence-electron chi connectivity index (χ1n) is 20.9. The molecule has 0 saturated carbocycles. The van der Waals surface area contributed by atoms with Gasteiger partial charge in [-0.05, 0) is 135 Å². The number of aromatic nitrogens is 1. The molecular formula is C57H50N2. The third-order valence-electron chi connectivity index (χ3n) is 12.4. The van der Waals surface area contributed by atoms with Crippen LogP contribution in [0.4, 0.5) is 5.69 Å². The number of anilines is 1. The molecule has 0 fully saturated rings. The Labute approximate surface area is 350 Å². The molecule has 0 amide bonds. The van der Waals surface area contributed by atoms with Crippen LogP contribution in [-0.4, -0.2) is 11.5 Å². The summed E-state index contributed by atoms with van der Waals surface area (Å²) in [4.78, 5) is 6.94. The highest BCUT2D eigenvalue weighted by molar-refractivity contribution is 6.22. The molecule has 6 aromatic carbocycles. The number of hydrogen-bond donors (Lipinski definition) is 0. The summed E-state index contributed by atoms with van der Waals surface area (Å²) in [7, 11) is 0. The normalized spacial score (nSPS) is 18.5. The van der Waals surface area contributed by atoms with E-state index in [1.54, 1.807) is 0 Å². The van der Waals surface area contributed by atoms with Crippen LogP contribution < -0.4 is 4.90 Å². The first-order valence-corrected chi connectivity index (χ1v) is 20.9. The molecule has 9 rings (SSSR count). The zero-order chi connectivity index (χ0) is 40.8. The molecule has 2 heterocycles. The first-order chi connectivity index (χ1) is 28.7. The Balaban J connectivity index is 1.27. The Morgan fingerprint density at radius 3 is 2.02 bits per heavy atom. The summed E-state index contributed by atoms with van der Waals surface area (Å²) < 4.78 is 0. The van der Waals surface area contributed by atoms with Crippen molar-refractivity contribution < 1.29 is 0 Å². The van der Waals surface area contributed by atoms with Crippen molar-refractivity contribution in [3.8, 4) is 57.0 Å². The van der Waals surface area contributed by atoms with Gasteiger partial charge >= 0.3 is 0 Å². The van der Waals surface area contributed by atoms with Crippen molar-refractivity contribution in [2.45, 2.75) is 53.4 Å². The predicted molar refractivity (Wildman–Crippen MR) is 252 cm³/mol. The molecule has 7 aromatic rings. The lowest BCUT2D eigenvalue weighted by Crippen LogP contribution is -2.24. The molecule has 0 radical (unpaired) electrons. The highest BCUT2D eigenvalue weighted by atomic mass is 15.1. The largest absolute Gasteiger partial charge is 0.331 e. The van der Waals surface area contributed by atoms with Gasteiger partial charge < -0.3 is 4.90 Å². The molecule has 59 heavy (non-hydrogen) atoms. The van der Waals surface area contributed by atoms with E-state index < -0.39 is 0 Å². The zero-order valence-electron chi connectivity index (χ0n) is 35.0. The number of terminal acetylenes is 1. The van der Waals surface area contributed by atoms with Crippen molar-refractivity contribution in [1.82, 2.24) is 4.98 Å². The van der Waals surface area contributed by atoms with Gasteiger partial charge in [-0.25, -0.2) is 0 Å². The molecule has 2 aliphatic rings. The van der Waals surface area contributed by atoms with Crippen molar-refractivity contribution in [3.63, 3.8) is 0 Å². The highest BCUT2D eigenvalue weighted by Crippen LogP contribution is 2.53. The van der Waals surface area contributed by atoms with Crippen LogP contribution in [0.3, 0.4) is 0 Å². The molecular weight excluding hydrogens is 713 g/mol. The fraction of sp³-hybridized carbons (Fsp3) is 0.175. The first kappa shape index (κ1) is 37.9.